The Bertz CT molecular complexity index is 1010. The molecule has 2 aromatic carbocycles. The lowest BCUT2D eigenvalue weighted by atomic mass is 9.89. The van der Waals surface area contributed by atoms with E-state index in [0.717, 1.165) is 35.7 Å². The molecule has 0 bridgehead atoms. The van der Waals surface area contributed by atoms with Crippen molar-refractivity contribution < 1.29 is 14.7 Å². The van der Waals surface area contributed by atoms with Gasteiger partial charge in [-0.05, 0) is 48.1 Å². The number of pyridine rings is 1. The fourth-order valence-electron chi connectivity index (χ4n) is 3.84. The number of piperidine rings is 1. The number of benzene rings is 2. The molecule has 1 aliphatic heterocycles. The van der Waals surface area contributed by atoms with Gasteiger partial charge < -0.3 is 10.0 Å². The standard InChI is InChI=1S/C22H20N2O3/c25-21(20-8-2-6-17-13-23-10-9-19(17)20)24-11-3-7-18(14-24)15-4-1-5-16(12-15)22(26)27/h1-2,4-6,8-10,12-13,18H,3,7,11,14H2,(H,26,27)/t18-/m1/s1. The number of rotatable bonds is 3. The van der Waals surface area contributed by atoms with E-state index in [4.69, 9.17) is 0 Å². The predicted octanol–water partition coefficient (Wildman–Crippen LogP) is 3.95. The van der Waals surface area contributed by atoms with Crippen LogP contribution in [0.25, 0.3) is 10.8 Å². The Morgan fingerprint density at radius 1 is 1.11 bits per heavy atom. The third-order valence-corrected chi connectivity index (χ3v) is 5.22. The number of hydrogen-bond acceptors (Lipinski definition) is 3. The molecule has 1 fully saturated rings. The largest absolute Gasteiger partial charge is 0.478 e. The molecule has 0 aliphatic carbocycles. The molecule has 1 aromatic heterocycles. The van der Waals surface area contributed by atoms with Gasteiger partial charge in [-0.2, -0.15) is 0 Å². The van der Waals surface area contributed by atoms with Crippen molar-refractivity contribution in [2.75, 3.05) is 13.1 Å². The van der Waals surface area contributed by atoms with Crippen LogP contribution in [0.4, 0.5) is 0 Å². The van der Waals surface area contributed by atoms with Gasteiger partial charge in [0, 0.05) is 42.4 Å². The van der Waals surface area contributed by atoms with E-state index < -0.39 is 5.97 Å². The Morgan fingerprint density at radius 2 is 1.96 bits per heavy atom. The molecule has 0 saturated carbocycles. The first-order valence-corrected chi connectivity index (χ1v) is 9.09. The number of nitrogens with zero attached hydrogens (tertiary/aromatic N) is 2. The fourth-order valence-corrected chi connectivity index (χ4v) is 3.84. The summed E-state index contributed by atoms with van der Waals surface area (Å²) >= 11 is 0. The molecule has 1 aliphatic rings. The Morgan fingerprint density at radius 3 is 2.81 bits per heavy atom. The van der Waals surface area contributed by atoms with Crippen molar-refractivity contribution in [2.24, 2.45) is 0 Å². The van der Waals surface area contributed by atoms with Crippen molar-refractivity contribution >= 4 is 22.6 Å². The fraction of sp³-hybridized carbons (Fsp3) is 0.227. The Kier molecular flexibility index (Phi) is 4.59. The van der Waals surface area contributed by atoms with Gasteiger partial charge in [0.05, 0.1) is 5.56 Å². The molecule has 0 radical (unpaired) electrons. The van der Waals surface area contributed by atoms with E-state index in [-0.39, 0.29) is 17.4 Å². The molecule has 136 valence electrons. The normalized spacial score (nSPS) is 17.0. The number of carbonyl (C=O) groups is 2. The predicted molar refractivity (Wildman–Crippen MR) is 103 cm³/mol. The summed E-state index contributed by atoms with van der Waals surface area (Å²) < 4.78 is 0. The Balaban J connectivity index is 1.60. The Labute approximate surface area is 157 Å². The summed E-state index contributed by atoms with van der Waals surface area (Å²) in [5.74, 6) is -0.755. The maximum atomic E-state index is 13.2. The third kappa shape index (κ3) is 3.40. The highest BCUT2D eigenvalue weighted by atomic mass is 16.4. The Hall–Kier alpha value is -3.21. The molecule has 5 nitrogen and oxygen atoms in total. The smallest absolute Gasteiger partial charge is 0.335 e. The number of carbonyl (C=O) groups excluding carboxylic acids is 1. The van der Waals surface area contributed by atoms with E-state index in [1.54, 1.807) is 30.6 Å². The maximum absolute atomic E-state index is 13.2. The third-order valence-electron chi connectivity index (χ3n) is 5.22. The zero-order valence-electron chi connectivity index (χ0n) is 14.8. The van der Waals surface area contributed by atoms with Crippen LogP contribution in [0.5, 0.6) is 0 Å². The highest BCUT2D eigenvalue weighted by molar-refractivity contribution is 6.06. The molecule has 1 amide bonds. The summed E-state index contributed by atoms with van der Waals surface area (Å²) in [4.78, 5) is 30.4. The number of likely N-dealkylation sites (tertiary alicyclic amines) is 1. The van der Waals surface area contributed by atoms with Crippen molar-refractivity contribution in [3.8, 4) is 0 Å². The van der Waals surface area contributed by atoms with Gasteiger partial charge in [-0.1, -0.05) is 24.3 Å². The maximum Gasteiger partial charge on any atom is 0.335 e. The van der Waals surface area contributed by atoms with Crippen molar-refractivity contribution in [3.05, 3.63) is 77.6 Å². The van der Waals surface area contributed by atoms with Gasteiger partial charge in [0.25, 0.3) is 5.91 Å². The van der Waals surface area contributed by atoms with Gasteiger partial charge in [0.2, 0.25) is 0 Å². The molecule has 5 heteroatoms. The van der Waals surface area contributed by atoms with Gasteiger partial charge in [0.15, 0.2) is 0 Å². The van der Waals surface area contributed by atoms with Crippen LogP contribution in [-0.4, -0.2) is 40.0 Å². The minimum atomic E-state index is -0.926. The minimum Gasteiger partial charge on any atom is -0.478 e. The van der Waals surface area contributed by atoms with Gasteiger partial charge in [-0.15, -0.1) is 0 Å². The van der Waals surface area contributed by atoms with E-state index in [2.05, 4.69) is 4.98 Å². The van der Waals surface area contributed by atoms with E-state index in [1.165, 1.54) is 0 Å². The van der Waals surface area contributed by atoms with Crippen molar-refractivity contribution in [3.63, 3.8) is 0 Å². The van der Waals surface area contributed by atoms with Gasteiger partial charge in [-0.3, -0.25) is 9.78 Å². The van der Waals surface area contributed by atoms with Crippen LogP contribution in [0.2, 0.25) is 0 Å². The first-order chi connectivity index (χ1) is 13.1. The van der Waals surface area contributed by atoms with E-state index >= 15 is 0 Å². The summed E-state index contributed by atoms with van der Waals surface area (Å²) in [7, 11) is 0. The molecule has 1 N–H and O–H groups in total. The van der Waals surface area contributed by atoms with E-state index in [1.807, 2.05) is 35.2 Å². The molecule has 3 aromatic rings. The summed E-state index contributed by atoms with van der Waals surface area (Å²) in [5.41, 5.74) is 1.96. The number of aromatic carboxylic acids is 1. The quantitative estimate of drug-likeness (QED) is 0.768. The van der Waals surface area contributed by atoms with Crippen LogP contribution in [0.15, 0.2) is 60.9 Å². The highest BCUT2D eigenvalue weighted by Crippen LogP contribution is 2.29. The second kappa shape index (κ2) is 7.19. The summed E-state index contributed by atoms with van der Waals surface area (Å²) in [6, 6.07) is 14.6. The number of carboxylic acids is 1. The summed E-state index contributed by atoms with van der Waals surface area (Å²) in [6.45, 7) is 1.32. The first kappa shape index (κ1) is 17.2. The first-order valence-electron chi connectivity index (χ1n) is 9.09. The zero-order valence-corrected chi connectivity index (χ0v) is 14.8. The molecule has 27 heavy (non-hydrogen) atoms. The molecule has 4 rings (SSSR count). The lowest BCUT2D eigenvalue weighted by molar-refractivity contribution is 0.0688. The van der Waals surface area contributed by atoms with Gasteiger partial charge in [0.1, 0.15) is 0 Å². The molecule has 0 unspecified atom stereocenters. The van der Waals surface area contributed by atoms with Gasteiger partial charge >= 0.3 is 5.97 Å². The number of hydrogen-bond donors (Lipinski definition) is 1. The van der Waals surface area contributed by atoms with Crippen LogP contribution in [0.1, 0.15) is 45.0 Å². The SMILES string of the molecule is O=C(O)c1cccc([C@@H]2CCCN(C(=O)c3cccc4cnccc34)C2)c1. The van der Waals surface area contributed by atoms with Crippen molar-refractivity contribution in [2.45, 2.75) is 18.8 Å². The molecule has 2 heterocycles. The molecule has 1 saturated heterocycles. The zero-order chi connectivity index (χ0) is 18.8. The second-order valence-corrected chi connectivity index (χ2v) is 6.92. The number of amides is 1. The van der Waals surface area contributed by atoms with E-state index in [9.17, 15) is 14.7 Å². The van der Waals surface area contributed by atoms with Gasteiger partial charge in [-0.25, -0.2) is 4.79 Å². The number of aromatic nitrogens is 1. The monoisotopic (exact) mass is 360 g/mol. The average Bonchev–Trinajstić information content (AvgIpc) is 2.73. The topological polar surface area (TPSA) is 70.5 Å². The number of fused-ring (bicyclic) bond motifs is 1. The second-order valence-electron chi connectivity index (χ2n) is 6.92. The lowest BCUT2D eigenvalue weighted by Gasteiger charge is -2.33. The summed E-state index contributed by atoms with van der Waals surface area (Å²) in [6.07, 6.45) is 5.32. The average molecular weight is 360 g/mol. The highest BCUT2D eigenvalue weighted by Gasteiger charge is 2.26. The van der Waals surface area contributed by atoms with Crippen molar-refractivity contribution in [1.29, 1.82) is 0 Å². The van der Waals surface area contributed by atoms with Crippen LogP contribution < -0.4 is 0 Å². The lowest BCUT2D eigenvalue weighted by Crippen LogP contribution is -2.39. The molecule has 0 spiro atoms. The molecular formula is C22H20N2O3. The van der Waals surface area contributed by atoms with Crippen LogP contribution in [0, 0.1) is 0 Å². The van der Waals surface area contributed by atoms with E-state index in [0.29, 0.717) is 12.1 Å². The molecular weight excluding hydrogens is 340 g/mol. The minimum absolute atomic E-state index is 0.0193. The van der Waals surface area contributed by atoms with Crippen LogP contribution in [0.3, 0.4) is 0 Å². The van der Waals surface area contributed by atoms with Crippen LogP contribution in [-0.2, 0) is 0 Å². The summed E-state index contributed by atoms with van der Waals surface area (Å²) in [5, 5.41) is 11.1. The van der Waals surface area contributed by atoms with Crippen LogP contribution >= 0.6 is 0 Å². The molecule has 1 atom stereocenters. The van der Waals surface area contributed by atoms with Crippen molar-refractivity contribution in [1.82, 2.24) is 9.88 Å². The number of carboxylic acid groups (broad SMARTS) is 1.